The molecule has 0 N–H and O–H groups in total. The molecule has 0 spiro atoms. The van der Waals surface area contributed by atoms with Crippen LogP contribution in [0, 0.1) is 10.1 Å². The van der Waals surface area contributed by atoms with Crippen molar-refractivity contribution in [3.8, 4) is 17.1 Å². The number of methoxy groups -OCH3 is 1. The van der Waals surface area contributed by atoms with Gasteiger partial charge in [0.15, 0.2) is 6.61 Å². The van der Waals surface area contributed by atoms with E-state index in [4.69, 9.17) is 14.0 Å². The van der Waals surface area contributed by atoms with Crippen molar-refractivity contribution in [3.05, 3.63) is 70.1 Å². The summed E-state index contributed by atoms with van der Waals surface area (Å²) < 4.78 is 15.2. The van der Waals surface area contributed by atoms with Gasteiger partial charge in [0.25, 0.3) is 11.6 Å². The monoisotopic (exact) mass is 355 g/mol. The Kier molecular flexibility index (Phi) is 4.88. The third-order valence-corrected chi connectivity index (χ3v) is 3.44. The maximum Gasteiger partial charge on any atom is 0.345 e. The largest absolute Gasteiger partial charge is 0.497 e. The van der Waals surface area contributed by atoms with Gasteiger partial charge in [0.05, 0.1) is 12.0 Å². The van der Waals surface area contributed by atoms with E-state index in [-0.39, 0.29) is 23.7 Å². The first kappa shape index (κ1) is 17.1. The summed E-state index contributed by atoms with van der Waals surface area (Å²) in [6.45, 7) is -0.304. The molecular formula is C17H13N3O6. The molecule has 3 aromatic rings. The smallest absolute Gasteiger partial charge is 0.345 e. The third-order valence-electron chi connectivity index (χ3n) is 3.44. The minimum atomic E-state index is -0.849. The van der Waals surface area contributed by atoms with E-state index in [1.54, 1.807) is 31.4 Å². The summed E-state index contributed by atoms with van der Waals surface area (Å²) in [6, 6.07) is 12.6. The molecule has 0 fully saturated rings. The van der Waals surface area contributed by atoms with Gasteiger partial charge in [-0.15, -0.1) is 0 Å². The van der Waals surface area contributed by atoms with Gasteiger partial charge < -0.3 is 14.0 Å². The van der Waals surface area contributed by atoms with Gasteiger partial charge in [-0.3, -0.25) is 10.1 Å². The molecule has 132 valence electrons. The van der Waals surface area contributed by atoms with Crippen molar-refractivity contribution in [2.75, 3.05) is 7.11 Å². The summed E-state index contributed by atoms with van der Waals surface area (Å²) in [7, 11) is 1.54. The highest BCUT2D eigenvalue weighted by molar-refractivity contribution is 5.93. The van der Waals surface area contributed by atoms with E-state index < -0.39 is 10.9 Å². The highest BCUT2D eigenvalue weighted by Crippen LogP contribution is 2.22. The Labute approximate surface area is 147 Å². The van der Waals surface area contributed by atoms with E-state index in [2.05, 4.69) is 10.1 Å². The zero-order valence-corrected chi connectivity index (χ0v) is 13.6. The van der Waals surface area contributed by atoms with Crippen molar-refractivity contribution in [3.63, 3.8) is 0 Å². The van der Waals surface area contributed by atoms with Crippen LogP contribution in [0.3, 0.4) is 0 Å². The lowest BCUT2D eigenvalue weighted by Crippen LogP contribution is -2.08. The highest BCUT2D eigenvalue weighted by Gasteiger charge is 2.21. The average molecular weight is 355 g/mol. The number of nitro groups is 1. The van der Waals surface area contributed by atoms with E-state index >= 15 is 0 Å². The molecule has 0 atom stereocenters. The van der Waals surface area contributed by atoms with Gasteiger partial charge in [-0.1, -0.05) is 29.4 Å². The number of nitro benzene ring substituents is 1. The predicted octanol–water partition coefficient (Wildman–Crippen LogP) is 3.01. The van der Waals surface area contributed by atoms with Crippen molar-refractivity contribution >= 4 is 11.7 Å². The molecule has 0 aliphatic heterocycles. The lowest BCUT2D eigenvalue weighted by atomic mass is 10.2. The second kappa shape index (κ2) is 7.43. The normalized spacial score (nSPS) is 10.3. The summed E-state index contributed by atoms with van der Waals surface area (Å²) in [5.74, 6) is 0.158. The van der Waals surface area contributed by atoms with Crippen LogP contribution in [-0.2, 0) is 11.3 Å². The van der Waals surface area contributed by atoms with E-state index in [0.29, 0.717) is 17.1 Å². The van der Waals surface area contributed by atoms with Crippen LogP contribution in [0.25, 0.3) is 11.4 Å². The number of carbonyl (C=O) groups is 1. The molecule has 3 rings (SSSR count). The van der Waals surface area contributed by atoms with Crippen molar-refractivity contribution in [1.82, 2.24) is 10.1 Å². The Hall–Kier alpha value is -3.75. The molecule has 9 nitrogen and oxygen atoms in total. The fourth-order valence-electron chi connectivity index (χ4n) is 2.20. The van der Waals surface area contributed by atoms with Crippen LogP contribution in [0.5, 0.6) is 5.75 Å². The molecular weight excluding hydrogens is 342 g/mol. The number of rotatable bonds is 6. The standard InChI is InChI=1S/C17H13N3O6/c1-24-12-6-4-5-11(9-12)16-18-15(26-19-16)10-25-17(21)13-7-2-3-8-14(13)20(22)23/h2-9H,10H2,1H3. The number of hydrogen-bond donors (Lipinski definition) is 0. The number of para-hydroxylation sites is 1. The quantitative estimate of drug-likeness (QED) is 0.376. The topological polar surface area (TPSA) is 118 Å². The van der Waals surface area contributed by atoms with Crippen LogP contribution in [0.4, 0.5) is 5.69 Å². The van der Waals surface area contributed by atoms with E-state index in [9.17, 15) is 14.9 Å². The van der Waals surface area contributed by atoms with Gasteiger partial charge in [0.1, 0.15) is 11.3 Å². The van der Waals surface area contributed by atoms with Crippen LogP contribution < -0.4 is 4.74 Å². The minimum Gasteiger partial charge on any atom is -0.497 e. The van der Waals surface area contributed by atoms with Crippen LogP contribution in [0.15, 0.2) is 53.1 Å². The molecule has 9 heteroatoms. The second-order valence-corrected chi connectivity index (χ2v) is 5.09. The molecule has 0 amide bonds. The Bertz CT molecular complexity index is 953. The van der Waals surface area contributed by atoms with Gasteiger partial charge in [-0.25, -0.2) is 4.79 Å². The predicted molar refractivity (Wildman–Crippen MR) is 88.5 cm³/mol. The Morgan fingerprint density at radius 3 is 2.81 bits per heavy atom. The highest BCUT2D eigenvalue weighted by atomic mass is 16.6. The molecule has 0 saturated heterocycles. The third kappa shape index (κ3) is 3.66. The number of hydrogen-bond acceptors (Lipinski definition) is 8. The lowest BCUT2D eigenvalue weighted by molar-refractivity contribution is -0.385. The molecule has 1 heterocycles. The van der Waals surface area contributed by atoms with Gasteiger partial charge in [0, 0.05) is 11.6 Å². The number of carbonyl (C=O) groups excluding carboxylic acids is 1. The second-order valence-electron chi connectivity index (χ2n) is 5.09. The average Bonchev–Trinajstić information content (AvgIpc) is 3.15. The lowest BCUT2D eigenvalue weighted by Gasteiger charge is -2.02. The molecule has 0 unspecified atom stereocenters. The van der Waals surface area contributed by atoms with Gasteiger partial charge in [-0.2, -0.15) is 4.98 Å². The zero-order valence-electron chi connectivity index (χ0n) is 13.6. The molecule has 2 aromatic carbocycles. The van der Waals surface area contributed by atoms with Crippen molar-refractivity contribution < 1.29 is 23.7 Å². The Morgan fingerprint density at radius 1 is 1.23 bits per heavy atom. The number of esters is 1. The van der Waals surface area contributed by atoms with E-state index in [1.807, 2.05) is 0 Å². The van der Waals surface area contributed by atoms with Crippen LogP contribution in [-0.4, -0.2) is 28.1 Å². The zero-order chi connectivity index (χ0) is 18.5. The van der Waals surface area contributed by atoms with Crippen molar-refractivity contribution in [1.29, 1.82) is 0 Å². The summed E-state index contributed by atoms with van der Waals surface area (Å²) >= 11 is 0. The fourth-order valence-corrected chi connectivity index (χ4v) is 2.20. The molecule has 26 heavy (non-hydrogen) atoms. The van der Waals surface area contributed by atoms with Gasteiger partial charge >= 0.3 is 5.97 Å². The van der Waals surface area contributed by atoms with E-state index in [0.717, 1.165) is 0 Å². The summed E-state index contributed by atoms with van der Waals surface area (Å²) in [5, 5.41) is 14.8. The van der Waals surface area contributed by atoms with Crippen LogP contribution >= 0.6 is 0 Å². The summed E-state index contributed by atoms with van der Waals surface area (Å²) in [6.07, 6.45) is 0. The van der Waals surface area contributed by atoms with Crippen molar-refractivity contribution in [2.45, 2.75) is 6.61 Å². The molecule has 1 aromatic heterocycles. The summed E-state index contributed by atoms with van der Waals surface area (Å²) in [5.41, 5.74) is 0.189. The maximum atomic E-state index is 12.1. The number of benzene rings is 2. The molecule has 0 radical (unpaired) electrons. The fraction of sp³-hybridized carbons (Fsp3) is 0.118. The first-order valence-corrected chi connectivity index (χ1v) is 7.46. The molecule has 0 aliphatic carbocycles. The first-order valence-electron chi connectivity index (χ1n) is 7.46. The SMILES string of the molecule is COc1cccc(-c2noc(COC(=O)c3ccccc3[N+](=O)[O-])n2)c1. The van der Waals surface area contributed by atoms with Crippen molar-refractivity contribution in [2.24, 2.45) is 0 Å². The Morgan fingerprint density at radius 2 is 2.04 bits per heavy atom. The molecule has 0 saturated carbocycles. The van der Waals surface area contributed by atoms with Gasteiger partial charge in [0.2, 0.25) is 5.82 Å². The Balaban J connectivity index is 1.70. The number of ether oxygens (including phenoxy) is 2. The first-order chi connectivity index (χ1) is 12.6. The van der Waals surface area contributed by atoms with Crippen LogP contribution in [0.1, 0.15) is 16.2 Å². The minimum absolute atomic E-state index is 0.0646. The molecule has 0 aliphatic rings. The number of aromatic nitrogens is 2. The molecule has 0 bridgehead atoms. The van der Waals surface area contributed by atoms with Crippen LogP contribution in [0.2, 0.25) is 0 Å². The summed E-state index contributed by atoms with van der Waals surface area (Å²) in [4.78, 5) is 26.5. The van der Waals surface area contributed by atoms with E-state index in [1.165, 1.54) is 24.3 Å². The number of nitrogens with zero attached hydrogens (tertiary/aromatic N) is 3. The van der Waals surface area contributed by atoms with Gasteiger partial charge in [-0.05, 0) is 18.2 Å². The maximum absolute atomic E-state index is 12.1.